The molecule has 7 nitrogen and oxygen atoms in total. The van der Waals surface area contributed by atoms with E-state index in [2.05, 4.69) is 10.2 Å². The molecule has 0 atom stereocenters. The number of ether oxygens (including phenoxy) is 2. The highest BCUT2D eigenvalue weighted by Gasteiger charge is 2.31. The summed E-state index contributed by atoms with van der Waals surface area (Å²) in [6.45, 7) is -0.0439. The van der Waals surface area contributed by atoms with Gasteiger partial charge in [-0.2, -0.15) is 13.2 Å². The van der Waals surface area contributed by atoms with E-state index in [4.69, 9.17) is 9.47 Å². The molecule has 1 aromatic heterocycles. The number of carbonyl (C=O) groups excluding carboxylic acids is 1. The average Bonchev–Trinajstić information content (AvgIpc) is 3.18. The van der Waals surface area contributed by atoms with E-state index in [9.17, 15) is 18.0 Å². The average molecular weight is 466 g/mol. The predicted molar refractivity (Wildman–Crippen MR) is 113 cm³/mol. The Bertz CT molecular complexity index is 1070. The van der Waals surface area contributed by atoms with Crippen molar-refractivity contribution in [2.24, 2.45) is 0 Å². The van der Waals surface area contributed by atoms with Crippen LogP contribution in [0.25, 0.3) is 5.69 Å². The summed E-state index contributed by atoms with van der Waals surface area (Å²) < 4.78 is 52.1. The molecule has 3 rings (SSSR count). The molecule has 1 amide bonds. The molecule has 0 aliphatic carbocycles. The number of aromatic nitrogens is 3. The predicted octanol–water partition coefficient (Wildman–Crippen LogP) is 4.05. The Kier molecular flexibility index (Phi) is 7.29. The Labute approximate surface area is 187 Å². The first-order chi connectivity index (χ1) is 15.2. The van der Waals surface area contributed by atoms with Crippen molar-refractivity contribution < 1.29 is 27.4 Å². The van der Waals surface area contributed by atoms with E-state index in [1.54, 1.807) is 45.5 Å². The fraction of sp³-hybridized carbons (Fsp3) is 0.286. The van der Waals surface area contributed by atoms with Crippen LogP contribution >= 0.6 is 11.8 Å². The second-order valence-corrected chi connectivity index (χ2v) is 7.77. The lowest BCUT2D eigenvalue weighted by Gasteiger charge is -2.14. The minimum Gasteiger partial charge on any atom is -0.497 e. The van der Waals surface area contributed by atoms with Crippen LogP contribution in [0.3, 0.4) is 0 Å². The van der Waals surface area contributed by atoms with Crippen LogP contribution in [0.1, 0.15) is 11.4 Å². The van der Waals surface area contributed by atoms with Crippen molar-refractivity contribution in [1.82, 2.24) is 19.7 Å². The van der Waals surface area contributed by atoms with Crippen LogP contribution in [0.2, 0.25) is 0 Å². The fourth-order valence-corrected chi connectivity index (χ4v) is 3.59. The Hall–Kier alpha value is -3.21. The maximum Gasteiger partial charge on any atom is 0.416 e. The maximum absolute atomic E-state index is 13.3. The van der Waals surface area contributed by atoms with E-state index in [-0.39, 0.29) is 29.1 Å². The lowest BCUT2D eigenvalue weighted by molar-refractivity contribution is -0.137. The standard InChI is InChI=1S/C21H21F3N4O3S/c1-27(2)19(29)13-32-20-26-25-18(12-31-17-9-7-16(30-3)8-10-17)28(20)15-6-4-5-14(11-15)21(22,23)24/h4-11H,12-13H2,1-3H3. The van der Waals surface area contributed by atoms with Crippen molar-refractivity contribution in [3.63, 3.8) is 0 Å². The Morgan fingerprint density at radius 1 is 1.09 bits per heavy atom. The van der Waals surface area contributed by atoms with Crippen LogP contribution in [0.15, 0.2) is 53.7 Å². The number of halogens is 3. The number of carbonyl (C=O) groups is 1. The number of methoxy groups -OCH3 is 1. The second-order valence-electron chi connectivity index (χ2n) is 6.82. The van der Waals surface area contributed by atoms with Gasteiger partial charge in [-0.15, -0.1) is 10.2 Å². The van der Waals surface area contributed by atoms with Crippen molar-refractivity contribution in [2.75, 3.05) is 27.0 Å². The number of hydrogen-bond acceptors (Lipinski definition) is 6. The Morgan fingerprint density at radius 3 is 2.41 bits per heavy atom. The van der Waals surface area contributed by atoms with E-state index in [1.807, 2.05) is 0 Å². The molecule has 0 aliphatic rings. The third-order valence-electron chi connectivity index (χ3n) is 4.38. The Balaban J connectivity index is 1.91. The zero-order valence-electron chi connectivity index (χ0n) is 17.6. The third-order valence-corrected chi connectivity index (χ3v) is 5.30. The summed E-state index contributed by atoms with van der Waals surface area (Å²) >= 11 is 1.08. The van der Waals surface area contributed by atoms with Gasteiger partial charge >= 0.3 is 6.18 Å². The van der Waals surface area contributed by atoms with Crippen LogP contribution in [0.5, 0.6) is 11.5 Å². The smallest absolute Gasteiger partial charge is 0.416 e. The molecule has 0 unspecified atom stereocenters. The van der Waals surface area contributed by atoms with E-state index < -0.39 is 11.7 Å². The van der Waals surface area contributed by atoms with Crippen LogP contribution in [0, 0.1) is 0 Å². The summed E-state index contributed by atoms with van der Waals surface area (Å²) in [7, 11) is 4.79. The lowest BCUT2D eigenvalue weighted by atomic mass is 10.2. The number of alkyl halides is 3. The van der Waals surface area contributed by atoms with Gasteiger partial charge in [-0.3, -0.25) is 9.36 Å². The van der Waals surface area contributed by atoms with Gasteiger partial charge in [0.25, 0.3) is 0 Å². The summed E-state index contributed by atoms with van der Waals surface area (Å²) in [5.41, 5.74) is -0.580. The van der Waals surface area contributed by atoms with Crippen LogP contribution < -0.4 is 9.47 Å². The van der Waals surface area contributed by atoms with E-state index in [0.29, 0.717) is 17.3 Å². The lowest BCUT2D eigenvalue weighted by Crippen LogP contribution is -2.23. The molecule has 3 aromatic rings. The van der Waals surface area contributed by atoms with E-state index in [0.717, 1.165) is 23.9 Å². The van der Waals surface area contributed by atoms with Crippen molar-refractivity contribution in [3.05, 3.63) is 59.9 Å². The van der Waals surface area contributed by atoms with Gasteiger partial charge < -0.3 is 14.4 Å². The monoisotopic (exact) mass is 466 g/mol. The molecule has 0 N–H and O–H groups in total. The molecule has 1 heterocycles. The highest BCUT2D eigenvalue weighted by atomic mass is 32.2. The van der Waals surface area contributed by atoms with Crippen LogP contribution in [-0.2, 0) is 17.6 Å². The first-order valence-electron chi connectivity index (χ1n) is 9.40. The van der Waals surface area contributed by atoms with Gasteiger partial charge in [0.05, 0.1) is 24.1 Å². The first kappa shape index (κ1) is 23.5. The normalized spacial score (nSPS) is 11.3. The van der Waals surface area contributed by atoms with Crippen molar-refractivity contribution in [3.8, 4) is 17.2 Å². The molecule has 0 spiro atoms. The van der Waals surface area contributed by atoms with Gasteiger partial charge in [-0.25, -0.2) is 0 Å². The summed E-state index contributed by atoms with van der Waals surface area (Å²) in [6.07, 6.45) is -4.50. The molecule has 0 radical (unpaired) electrons. The van der Waals surface area contributed by atoms with E-state index >= 15 is 0 Å². The summed E-state index contributed by atoms with van der Waals surface area (Å²) in [5, 5.41) is 8.46. The zero-order chi connectivity index (χ0) is 23.3. The number of benzene rings is 2. The summed E-state index contributed by atoms with van der Waals surface area (Å²) in [4.78, 5) is 13.4. The van der Waals surface area contributed by atoms with Crippen molar-refractivity contribution >= 4 is 17.7 Å². The van der Waals surface area contributed by atoms with Gasteiger partial charge in [0.1, 0.15) is 18.1 Å². The number of nitrogens with zero attached hydrogens (tertiary/aromatic N) is 4. The van der Waals surface area contributed by atoms with Gasteiger partial charge in [-0.05, 0) is 42.5 Å². The molecule has 0 fully saturated rings. The SMILES string of the molecule is COc1ccc(OCc2nnc(SCC(=O)N(C)C)n2-c2cccc(C(F)(F)F)c2)cc1. The molecule has 2 aromatic carbocycles. The molecule has 32 heavy (non-hydrogen) atoms. The molecule has 11 heteroatoms. The van der Waals surface area contributed by atoms with E-state index in [1.165, 1.54) is 21.6 Å². The molecular weight excluding hydrogens is 445 g/mol. The van der Waals surface area contributed by atoms with Crippen LogP contribution in [-0.4, -0.2) is 52.5 Å². The molecule has 170 valence electrons. The van der Waals surface area contributed by atoms with Crippen molar-refractivity contribution in [2.45, 2.75) is 17.9 Å². The largest absolute Gasteiger partial charge is 0.497 e. The highest BCUT2D eigenvalue weighted by molar-refractivity contribution is 7.99. The Morgan fingerprint density at radius 2 is 1.78 bits per heavy atom. The van der Waals surface area contributed by atoms with Crippen LogP contribution in [0.4, 0.5) is 13.2 Å². The molecule has 0 aliphatic heterocycles. The quantitative estimate of drug-likeness (QED) is 0.467. The second kappa shape index (κ2) is 9.94. The zero-order valence-corrected chi connectivity index (χ0v) is 18.4. The minimum atomic E-state index is -4.50. The number of thioether (sulfide) groups is 1. The summed E-state index contributed by atoms with van der Waals surface area (Å²) in [6, 6.07) is 11.7. The molecule has 0 bridgehead atoms. The molecule has 0 saturated carbocycles. The van der Waals surface area contributed by atoms with Gasteiger partial charge in [-0.1, -0.05) is 17.8 Å². The highest BCUT2D eigenvalue weighted by Crippen LogP contribution is 2.32. The molecule has 0 saturated heterocycles. The number of hydrogen-bond donors (Lipinski definition) is 0. The summed E-state index contributed by atoms with van der Waals surface area (Å²) in [5.74, 6) is 1.38. The van der Waals surface area contributed by atoms with Crippen molar-refractivity contribution in [1.29, 1.82) is 0 Å². The van der Waals surface area contributed by atoms with Gasteiger partial charge in [0, 0.05) is 14.1 Å². The van der Waals surface area contributed by atoms with Gasteiger partial charge in [0.2, 0.25) is 5.91 Å². The number of amides is 1. The number of rotatable bonds is 8. The minimum absolute atomic E-state index is 0.0439. The topological polar surface area (TPSA) is 69.5 Å². The maximum atomic E-state index is 13.3. The fourth-order valence-electron chi connectivity index (χ4n) is 2.64. The first-order valence-corrected chi connectivity index (χ1v) is 10.4. The third kappa shape index (κ3) is 5.72. The molecular formula is C21H21F3N4O3S. The van der Waals surface area contributed by atoms with Gasteiger partial charge in [0.15, 0.2) is 11.0 Å².